The Labute approximate surface area is 172 Å². The van der Waals surface area contributed by atoms with Crippen LogP contribution in [0.2, 0.25) is 0 Å². The van der Waals surface area contributed by atoms with Gasteiger partial charge in [0.15, 0.2) is 5.79 Å². The molecule has 6 heteroatoms. The quantitative estimate of drug-likeness (QED) is 0.533. The second kappa shape index (κ2) is 5.11. The van der Waals surface area contributed by atoms with Crippen LogP contribution in [0, 0.1) is 34.0 Å². The molecular formula is C23H34O6. The van der Waals surface area contributed by atoms with Crippen molar-refractivity contribution >= 4 is 0 Å². The Morgan fingerprint density at radius 3 is 2.52 bits per heavy atom. The second-order valence-electron chi connectivity index (χ2n) is 11.8. The van der Waals surface area contributed by atoms with Gasteiger partial charge in [0.1, 0.15) is 6.10 Å². The van der Waals surface area contributed by atoms with Crippen LogP contribution in [0.3, 0.4) is 0 Å². The van der Waals surface area contributed by atoms with E-state index in [4.69, 9.17) is 14.2 Å². The van der Waals surface area contributed by atoms with Crippen molar-refractivity contribution in [3.05, 3.63) is 12.2 Å². The molecule has 3 unspecified atom stereocenters. The zero-order valence-electron chi connectivity index (χ0n) is 17.9. The lowest BCUT2D eigenvalue weighted by atomic mass is 9.35. The van der Waals surface area contributed by atoms with Gasteiger partial charge < -0.3 is 29.5 Å². The number of aliphatic hydroxyl groups excluding tert-OH is 2. The molecule has 3 heterocycles. The van der Waals surface area contributed by atoms with Crippen molar-refractivity contribution in [2.24, 2.45) is 34.0 Å². The van der Waals surface area contributed by atoms with E-state index in [2.05, 4.69) is 20.4 Å². The number of aliphatic hydroxyl groups is 3. The number of hydrogen-bond acceptors (Lipinski definition) is 6. The zero-order valence-corrected chi connectivity index (χ0v) is 17.9. The lowest BCUT2D eigenvalue weighted by Gasteiger charge is -2.75. The van der Waals surface area contributed by atoms with E-state index in [0.29, 0.717) is 13.0 Å². The van der Waals surface area contributed by atoms with Gasteiger partial charge in [-0.25, -0.2) is 0 Å². The van der Waals surface area contributed by atoms with E-state index in [1.807, 2.05) is 13.8 Å². The van der Waals surface area contributed by atoms with Crippen LogP contribution in [0.1, 0.15) is 53.4 Å². The van der Waals surface area contributed by atoms with Crippen molar-refractivity contribution < 1.29 is 29.5 Å². The molecule has 3 aliphatic heterocycles. The van der Waals surface area contributed by atoms with Gasteiger partial charge in [-0.3, -0.25) is 0 Å². The van der Waals surface area contributed by atoms with Crippen molar-refractivity contribution in [3.8, 4) is 0 Å². The lowest BCUT2D eigenvalue weighted by molar-refractivity contribution is -0.468. The summed E-state index contributed by atoms with van der Waals surface area (Å²) in [6, 6.07) is 0. The molecule has 4 saturated carbocycles. The molecule has 7 rings (SSSR count). The molecule has 0 aromatic rings. The monoisotopic (exact) mass is 406 g/mol. The van der Waals surface area contributed by atoms with E-state index in [1.54, 1.807) is 0 Å². The average molecular weight is 407 g/mol. The highest BCUT2D eigenvalue weighted by Gasteiger charge is 2.86. The third kappa shape index (κ3) is 1.84. The molecule has 7 aliphatic rings. The van der Waals surface area contributed by atoms with Crippen LogP contribution in [-0.4, -0.2) is 57.9 Å². The Hall–Kier alpha value is -0.500. The van der Waals surface area contributed by atoms with Crippen molar-refractivity contribution in [2.75, 3.05) is 6.61 Å². The number of ether oxygens (including phenoxy) is 3. The van der Waals surface area contributed by atoms with E-state index in [-0.39, 0.29) is 35.4 Å². The van der Waals surface area contributed by atoms with Gasteiger partial charge in [-0.15, -0.1) is 0 Å². The first-order valence-corrected chi connectivity index (χ1v) is 11.2. The largest absolute Gasteiger partial charge is 0.388 e. The maximum Gasteiger partial charge on any atom is 0.201 e. The minimum atomic E-state index is -1.81. The third-order valence-corrected chi connectivity index (χ3v) is 9.83. The number of rotatable bonds is 0. The highest BCUT2D eigenvalue weighted by molar-refractivity contribution is 5.36. The molecular weight excluding hydrogens is 372 g/mol. The number of fused-ring (bicyclic) bond motifs is 2. The zero-order chi connectivity index (χ0) is 20.8. The molecule has 2 spiro atoms. The molecule has 4 aliphatic carbocycles. The summed E-state index contributed by atoms with van der Waals surface area (Å²) < 4.78 is 19.4. The molecule has 0 amide bonds. The fraction of sp³-hybridized carbons (Fsp3) is 0.913. The number of hydrogen-bond donors (Lipinski definition) is 3. The maximum atomic E-state index is 12.0. The molecule has 0 aromatic carbocycles. The van der Waals surface area contributed by atoms with Gasteiger partial charge >= 0.3 is 0 Å². The van der Waals surface area contributed by atoms with E-state index in [0.717, 1.165) is 24.8 Å². The van der Waals surface area contributed by atoms with Crippen LogP contribution in [0.25, 0.3) is 0 Å². The Kier molecular flexibility index (Phi) is 3.38. The molecule has 3 N–H and O–H groups in total. The Morgan fingerprint density at radius 2 is 1.79 bits per heavy atom. The fourth-order valence-corrected chi connectivity index (χ4v) is 9.09. The third-order valence-electron chi connectivity index (χ3n) is 9.83. The summed E-state index contributed by atoms with van der Waals surface area (Å²) in [5.74, 6) is -2.88. The minimum absolute atomic E-state index is 0.0456. The van der Waals surface area contributed by atoms with E-state index in [1.165, 1.54) is 0 Å². The Bertz CT molecular complexity index is 792. The first kappa shape index (κ1) is 19.2. The first-order valence-electron chi connectivity index (χ1n) is 11.2. The van der Waals surface area contributed by atoms with E-state index in [9.17, 15) is 15.3 Å². The van der Waals surface area contributed by atoms with Crippen LogP contribution >= 0.6 is 0 Å². The molecule has 0 aromatic heterocycles. The predicted octanol–water partition coefficient (Wildman–Crippen LogP) is 1.97. The van der Waals surface area contributed by atoms with Gasteiger partial charge in [-0.2, -0.15) is 0 Å². The van der Waals surface area contributed by atoms with Gasteiger partial charge in [0.25, 0.3) is 0 Å². The van der Waals surface area contributed by atoms with Crippen LogP contribution in [0.4, 0.5) is 0 Å². The van der Waals surface area contributed by atoms with Crippen molar-refractivity contribution in [1.82, 2.24) is 0 Å². The van der Waals surface area contributed by atoms with Crippen molar-refractivity contribution in [2.45, 2.75) is 89.4 Å². The molecule has 7 fully saturated rings. The molecule has 10 atom stereocenters. The molecule has 3 saturated heterocycles. The van der Waals surface area contributed by atoms with Crippen LogP contribution in [0.5, 0.6) is 0 Å². The summed E-state index contributed by atoms with van der Waals surface area (Å²) in [7, 11) is 0. The summed E-state index contributed by atoms with van der Waals surface area (Å²) in [4.78, 5) is 0. The summed E-state index contributed by atoms with van der Waals surface area (Å²) in [5.41, 5.74) is -0.964. The average Bonchev–Trinajstić information content (AvgIpc) is 2.75. The van der Waals surface area contributed by atoms with Gasteiger partial charge in [-0.1, -0.05) is 20.4 Å². The standard InChI is InChI=1S/C23H34O6/c1-11-12-8-13-15-21-10-27-23(26,22(15,9-12)17(11)24)18(25)16(21)19(2,3)7-6-14(21)29-20(4,5)28-13/h12-18,24-26H,1,6-10H2,2-5H3/t12-,13-,14-,15?,16?,17+,18-,21-,22-,23?/m0/s1. The summed E-state index contributed by atoms with van der Waals surface area (Å²) in [6.07, 6.45) is 0.753. The van der Waals surface area contributed by atoms with Crippen molar-refractivity contribution in [3.63, 3.8) is 0 Å². The van der Waals surface area contributed by atoms with Gasteiger partial charge in [0.2, 0.25) is 5.79 Å². The Morgan fingerprint density at radius 1 is 1.07 bits per heavy atom. The van der Waals surface area contributed by atoms with Crippen LogP contribution in [0.15, 0.2) is 12.2 Å². The summed E-state index contributed by atoms with van der Waals surface area (Å²) in [5, 5.41) is 35.2. The molecule has 162 valence electrons. The predicted molar refractivity (Wildman–Crippen MR) is 103 cm³/mol. The first-order chi connectivity index (χ1) is 13.4. The summed E-state index contributed by atoms with van der Waals surface area (Å²) in [6.45, 7) is 12.8. The summed E-state index contributed by atoms with van der Waals surface area (Å²) >= 11 is 0. The van der Waals surface area contributed by atoms with Gasteiger partial charge in [0, 0.05) is 17.3 Å². The molecule has 0 radical (unpaired) electrons. The van der Waals surface area contributed by atoms with Crippen LogP contribution < -0.4 is 0 Å². The highest BCUT2D eigenvalue weighted by Crippen LogP contribution is 2.78. The maximum absolute atomic E-state index is 12.0. The smallest absolute Gasteiger partial charge is 0.201 e. The minimum Gasteiger partial charge on any atom is -0.388 e. The normalized spacial score (nSPS) is 61.2. The Balaban J connectivity index is 1.67. The molecule has 29 heavy (non-hydrogen) atoms. The topological polar surface area (TPSA) is 88.4 Å². The highest BCUT2D eigenvalue weighted by atomic mass is 16.7. The lowest BCUT2D eigenvalue weighted by Crippen LogP contribution is -2.85. The van der Waals surface area contributed by atoms with Gasteiger partial charge in [-0.05, 0) is 56.4 Å². The fourth-order valence-electron chi connectivity index (χ4n) is 9.09. The molecule has 4 bridgehead atoms. The van der Waals surface area contributed by atoms with E-state index < -0.39 is 34.6 Å². The van der Waals surface area contributed by atoms with E-state index >= 15 is 0 Å². The molecule has 6 nitrogen and oxygen atoms in total. The second-order valence-corrected chi connectivity index (χ2v) is 11.8. The van der Waals surface area contributed by atoms with Crippen molar-refractivity contribution in [1.29, 1.82) is 0 Å². The van der Waals surface area contributed by atoms with Crippen LogP contribution in [-0.2, 0) is 14.2 Å². The SMILES string of the molecule is C=C1[C@H]2C[C@@H]3OC(C)(C)O[C@H]4CCC(C)(C)C5[C@H](O)C6(O)OC[C@]54C3[C@@]6(C2)[C@@H]1O. The van der Waals surface area contributed by atoms with Gasteiger partial charge in [0.05, 0.1) is 30.3 Å².